The Kier molecular flexibility index (Phi) is 8.72. The lowest BCUT2D eigenvalue weighted by atomic mass is 10.2. The summed E-state index contributed by atoms with van der Waals surface area (Å²) in [5.41, 5.74) is 2.03. The van der Waals surface area contributed by atoms with Gasteiger partial charge in [0.15, 0.2) is 0 Å². The van der Waals surface area contributed by atoms with E-state index in [1.54, 1.807) is 24.1 Å². The normalized spacial score (nSPS) is 14.9. The Balaban J connectivity index is 1.36. The van der Waals surface area contributed by atoms with Crippen molar-refractivity contribution in [3.05, 3.63) is 69.7 Å². The van der Waals surface area contributed by atoms with E-state index < -0.39 is 0 Å². The number of likely N-dealkylation sites (N-methyl/N-ethyl adjacent to an activating group) is 1. The van der Waals surface area contributed by atoms with Gasteiger partial charge in [-0.3, -0.25) is 19.4 Å². The third kappa shape index (κ3) is 7.51. The molecule has 3 rings (SSSR count). The Hall–Kier alpha value is -2.12. The van der Waals surface area contributed by atoms with Gasteiger partial charge in [0.25, 0.3) is 0 Å². The second kappa shape index (κ2) is 11.5. The van der Waals surface area contributed by atoms with Crippen LogP contribution in [0.15, 0.2) is 48.5 Å². The minimum absolute atomic E-state index is 0.0229. The predicted molar refractivity (Wildman–Crippen MR) is 124 cm³/mol. The summed E-state index contributed by atoms with van der Waals surface area (Å²) in [5.74, 6) is 0.0786. The molecular formula is C23H28Cl2N4O2. The van der Waals surface area contributed by atoms with Crippen molar-refractivity contribution >= 4 is 35.0 Å². The highest BCUT2D eigenvalue weighted by atomic mass is 35.5. The maximum Gasteiger partial charge on any atom is 0.236 e. The van der Waals surface area contributed by atoms with Crippen LogP contribution in [0.3, 0.4) is 0 Å². The second-order valence-electron chi connectivity index (χ2n) is 7.81. The van der Waals surface area contributed by atoms with E-state index in [-0.39, 0.29) is 11.8 Å². The van der Waals surface area contributed by atoms with Crippen molar-refractivity contribution in [1.82, 2.24) is 20.0 Å². The van der Waals surface area contributed by atoms with Crippen molar-refractivity contribution in [3.8, 4) is 0 Å². The Bertz CT molecular complexity index is 886. The molecular weight excluding hydrogens is 435 g/mol. The molecule has 2 amide bonds. The van der Waals surface area contributed by atoms with Gasteiger partial charge < -0.3 is 10.2 Å². The molecule has 0 unspecified atom stereocenters. The van der Waals surface area contributed by atoms with Gasteiger partial charge in [0.2, 0.25) is 11.8 Å². The molecule has 6 nitrogen and oxygen atoms in total. The van der Waals surface area contributed by atoms with E-state index in [0.29, 0.717) is 36.2 Å². The number of carbonyl (C=O) groups is 2. The first-order valence-corrected chi connectivity index (χ1v) is 11.1. The summed E-state index contributed by atoms with van der Waals surface area (Å²) in [6.07, 6.45) is 0. The molecule has 0 bridgehead atoms. The highest BCUT2D eigenvalue weighted by molar-refractivity contribution is 6.42. The van der Waals surface area contributed by atoms with Gasteiger partial charge in [-0.1, -0.05) is 59.6 Å². The monoisotopic (exact) mass is 462 g/mol. The molecule has 31 heavy (non-hydrogen) atoms. The summed E-state index contributed by atoms with van der Waals surface area (Å²) in [6.45, 7) is 4.83. The van der Waals surface area contributed by atoms with Crippen LogP contribution in [-0.2, 0) is 22.7 Å². The summed E-state index contributed by atoms with van der Waals surface area (Å²) < 4.78 is 0. The van der Waals surface area contributed by atoms with Gasteiger partial charge in [-0.2, -0.15) is 0 Å². The van der Waals surface area contributed by atoms with Crippen molar-refractivity contribution in [1.29, 1.82) is 0 Å². The van der Waals surface area contributed by atoms with E-state index in [1.165, 1.54) is 0 Å². The van der Waals surface area contributed by atoms with Gasteiger partial charge in [0.1, 0.15) is 0 Å². The zero-order valence-corrected chi connectivity index (χ0v) is 19.2. The van der Waals surface area contributed by atoms with Crippen molar-refractivity contribution in [2.45, 2.75) is 13.1 Å². The summed E-state index contributed by atoms with van der Waals surface area (Å²) in [7, 11) is 1.79. The molecule has 0 aliphatic carbocycles. The number of rotatable bonds is 8. The Morgan fingerprint density at radius 2 is 1.55 bits per heavy atom. The first-order valence-electron chi connectivity index (χ1n) is 10.3. The molecule has 0 saturated carbocycles. The fourth-order valence-corrected chi connectivity index (χ4v) is 3.79. The third-order valence-corrected chi connectivity index (χ3v) is 6.09. The first-order chi connectivity index (χ1) is 14.9. The van der Waals surface area contributed by atoms with Crippen molar-refractivity contribution in [3.63, 3.8) is 0 Å². The van der Waals surface area contributed by atoms with E-state index in [0.717, 1.165) is 37.3 Å². The van der Waals surface area contributed by atoms with Crippen LogP contribution < -0.4 is 5.32 Å². The van der Waals surface area contributed by atoms with Crippen LogP contribution in [0.4, 0.5) is 0 Å². The zero-order chi connectivity index (χ0) is 22.2. The van der Waals surface area contributed by atoms with E-state index in [1.807, 2.05) is 36.4 Å². The summed E-state index contributed by atoms with van der Waals surface area (Å²) in [4.78, 5) is 30.8. The van der Waals surface area contributed by atoms with Gasteiger partial charge in [-0.05, 0) is 23.3 Å². The van der Waals surface area contributed by atoms with E-state index in [9.17, 15) is 9.59 Å². The number of nitrogens with zero attached hydrogens (tertiary/aromatic N) is 3. The number of hydrogen-bond donors (Lipinski definition) is 1. The summed E-state index contributed by atoms with van der Waals surface area (Å²) in [5, 5.41) is 3.96. The molecule has 0 spiro atoms. The number of benzene rings is 2. The van der Waals surface area contributed by atoms with Crippen LogP contribution in [0.25, 0.3) is 0 Å². The van der Waals surface area contributed by atoms with Gasteiger partial charge in [0, 0.05) is 46.3 Å². The Morgan fingerprint density at radius 1 is 0.903 bits per heavy atom. The fourth-order valence-electron chi connectivity index (χ4n) is 3.47. The number of piperazine rings is 1. The van der Waals surface area contributed by atoms with Crippen molar-refractivity contribution < 1.29 is 9.59 Å². The average Bonchev–Trinajstić information content (AvgIpc) is 2.77. The van der Waals surface area contributed by atoms with E-state index in [4.69, 9.17) is 23.2 Å². The van der Waals surface area contributed by atoms with Crippen LogP contribution in [0, 0.1) is 0 Å². The molecule has 8 heteroatoms. The van der Waals surface area contributed by atoms with Gasteiger partial charge >= 0.3 is 0 Å². The molecule has 1 N–H and O–H groups in total. The first kappa shape index (κ1) is 23.5. The quantitative estimate of drug-likeness (QED) is 0.655. The smallest absolute Gasteiger partial charge is 0.236 e. The molecule has 1 fully saturated rings. The molecule has 0 atom stereocenters. The third-order valence-electron chi connectivity index (χ3n) is 5.35. The lowest BCUT2D eigenvalue weighted by Crippen LogP contribution is -2.51. The molecule has 166 valence electrons. The second-order valence-corrected chi connectivity index (χ2v) is 8.63. The zero-order valence-electron chi connectivity index (χ0n) is 17.7. The standard InChI is InChI=1S/C23H28Cl2N4O2/c1-27(15-19-7-8-20(24)21(25)13-19)23(31)17-29-11-9-28(10-12-29)16-22(30)26-14-18-5-3-2-4-6-18/h2-8,13H,9-12,14-17H2,1H3,(H,26,30). The Labute approximate surface area is 193 Å². The SMILES string of the molecule is CN(Cc1ccc(Cl)c(Cl)c1)C(=O)CN1CCN(CC(=O)NCc2ccccc2)CC1. The van der Waals surface area contributed by atoms with Crippen LogP contribution in [0.2, 0.25) is 10.0 Å². The van der Waals surface area contributed by atoms with Crippen LogP contribution in [0.1, 0.15) is 11.1 Å². The summed E-state index contributed by atoms with van der Waals surface area (Å²) in [6, 6.07) is 15.3. The highest BCUT2D eigenvalue weighted by Crippen LogP contribution is 2.23. The minimum Gasteiger partial charge on any atom is -0.351 e. The number of hydrogen-bond acceptors (Lipinski definition) is 4. The molecule has 1 aliphatic rings. The van der Waals surface area contributed by atoms with E-state index >= 15 is 0 Å². The average molecular weight is 463 g/mol. The topological polar surface area (TPSA) is 55.9 Å². The molecule has 1 saturated heterocycles. The number of halogens is 2. The number of carbonyl (C=O) groups excluding carboxylic acids is 2. The molecule has 1 heterocycles. The summed E-state index contributed by atoms with van der Waals surface area (Å²) >= 11 is 12.0. The maximum atomic E-state index is 12.6. The van der Waals surface area contributed by atoms with Gasteiger partial charge in [-0.25, -0.2) is 0 Å². The largest absolute Gasteiger partial charge is 0.351 e. The lowest BCUT2D eigenvalue weighted by Gasteiger charge is -2.34. The van der Waals surface area contributed by atoms with Crippen molar-refractivity contribution in [2.24, 2.45) is 0 Å². The van der Waals surface area contributed by atoms with Crippen molar-refractivity contribution in [2.75, 3.05) is 46.3 Å². The number of amides is 2. The van der Waals surface area contributed by atoms with Crippen LogP contribution in [0.5, 0.6) is 0 Å². The molecule has 2 aromatic carbocycles. The molecule has 2 aromatic rings. The van der Waals surface area contributed by atoms with Crippen LogP contribution >= 0.6 is 23.2 Å². The van der Waals surface area contributed by atoms with Gasteiger partial charge in [0.05, 0.1) is 23.1 Å². The fraction of sp³-hybridized carbons (Fsp3) is 0.391. The van der Waals surface area contributed by atoms with Crippen LogP contribution in [-0.4, -0.2) is 72.8 Å². The maximum absolute atomic E-state index is 12.6. The molecule has 1 aliphatic heterocycles. The van der Waals surface area contributed by atoms with Gasteiger partial charge in [-0.15, -0.1) is 0 Å². The number of nitrogens with one attached hydrogen (secondary N) is 1. The lowest BCUT2D eigenvalue weighted by molar-refractivity contribution is -0.132. The molecule has 0 aromatic heterocycles. The van der Waals surface area contributed by atoms with E-state index in [2.05, 4.69) is 15.1 Å². The highest BCUT2D eigenvalue weighted by Gasteiger charge is 2.22. The Morgan fingerprint density at radius 3 is 2.19 bits per heavy atom. The predicted octanol–water partition coefficient (Wildman–Crippen LogP) is 2.89. The molecule has 0 radical (unpaired) electrons. The minimum atomic E-state index is 0.0229.